The minimum Gasteiger partial charge on any atom is -0.496 e. The van der Waals surface area contributed by atoms with Crippen LogP contribution in [0, 0.1) is 18.3 Å². The van der Waals surface area contributed by atoms with Gasteiger partial charge in [-0.1, -0.05) is 6.07 Å². The maximum Gasteiger partial charge on any atom is 0.142 e. The number of H-pyrrole nitrogens is 1. The molecule has 1 aromatic carbocycles. The summed E-state index contributed by atoms with van der Waals surface area (Å²) in [5.41, 5.74) is 9.64. The van der Waals surface area contributed by atoms with Gasteiger partial charge in [-0.2, -0.15) is 10.4 Å². The Morgan fingerprint density at radius 2 is 1.80 bits per heavy atom. The first-order chi connectivity index (χ1) is 12.1. The van der Waals surface area contributed by atoms with E-state index in [1.807, 2.05) is 31.2 Å². The van der Waals surface area contributed by atoms with Crippen LogP contribution in [0.2, 0.25) is 0 Å². The highest BCUT2D eigenvalue weighted by Gasteiger charge is 2.19. The molecule has 25 heavy (non-hydrogen) atoms. The Balaban J connectivity index is 2.30. The molecule has 2 aromatic heterocycles. The fraction of sp³-hybridized carbons (Fsp3) is 0.167. The topological polar surface area (TPSA) is 110 Å². The Labute approximate surface area is 145 Å². The third-order valence-electron chi connectivity index (χ3n) is 3.83. The number of nitrogens with one attached hydrogen (secondary N) is 1. The summed E-state index contributed by atoms with van der Waals surface area (Å²) in [5.74, 6) is 1.32. The quantitative estimate of drug-likeness (QED) is 0.758. The van der Waals surface area contributed by atoms with Gasteiger partial charge in [0.25, 0.3) is 0 Å². The summed E-state index contributed by atoms with van der Waals surface area (Å²) in [5, 5.41) is 16.6. The number of hydrogen-bond acceptors (Lipinski definition) is 6. The molecule has 0 aliphatic rings. The first-order valence-corrected chi connectivity index (χ1v) is 7.53. The SMILES string of the molecule is COc1cccc(OC)c1-c1cc(-c2cc(C)[nH]n2)c(C#N)c(N)n1. The zero-order valence-electron chi connectivity index (χ0n) is 14.1. The molecule has 0 spiro atoms. The van der Waals surface area contributed by atoms with Gasteiger partial charge in [0.15, 0.2) is 0 Å². The van der Waals surface area contributed by atoms with E-state index in [2.05, 4.69) is 21.3 Å². The van der Waals surface area contributed by atoms with Crippen molar-refractivity contribution in [2.24, 2.45) is 0 Å². The van der Waals surface area contributed by atoms with Crippen molar-refractivity contribution in [3.8, 4) is 40.1 Å². The van der Waals surface area contributed by atoms with Crippen LogP contribution >= 0.6 is 0 Å². The van der Waals surface area contributed by atoms with Crippen LogP contribution < -0.4 is 15.2 Å². The van der Waals surface area contributed by atoms with Gasteiger partial charge in [-0.15, -0.1) is 0 Å². The lowest BCUT2D eigenvalue weighted by Gasteiger charge is -2.14. The number of anilines is 1. The molecular formula is C18H17N5O2. The minimum atomic E-state index is 0.128. The van der Waals surface area contributed by atoms with Crippen molar-refractivity contribution in [3.05, 3.63) is 41.6 Å². The van der Waals surface area contributed by atoms with Crippen LogP contribution in [0.3, 0.4) is 0 Å². The lowest BCUT2D eigenvalue weighted by Crippen LogP contribution is -2.02. The molecule has 0 amide bonds. The molecule has 0 aliphatic carbocycles. The van der Waals surface area contributed by atoms with Gasteiger partial charge in [0, 0.05) is 11.3 Å². The Kier molecular flexibility index (Phi) is 4.27. The van der Waals surface area contributed by atoms with Gasteiger partial charge in [-0.05, 0) is 31.2 Å². The molecule has 0 fully saturated rings. The molecular weight excluding hydrogens is 318 g/mol. The van der Waals surface area contributed by atoms with Crippen LogP contribution in [0.4, 0.5) is 5.82 Å². The van der Waals surface area contributed by atoms with Crippen molar-refractivity contribution in [1.82, 2.24) is 15.2 Å². The van der Waals surface area contributed by atoms with Gasteiger partial charge in [-0.25, -0.2) is 4.98 Å². The zero-order chi connectivity index (χ0) is 18.0. The Morgan fingerprint density at radius 3 is 2.32 bits per heavy atom. The molecule has 7 heteroatoms. The Morgan fingerprint density at radius 1 is 1.12 bits per heavy atom. The summed E-state index contributed by atoms with van der Waals surface area (Å²) in [6, 6.07) is 11.2. The van der Waals surface area contributed by atoms with E-state index < -0.39 is 0 Å². The van der Waals surface area contributed by atoms with Gasteiger partial charge < -0.3 is 15.2 Å². The molecule has 0 unspecified atom stereocenters. The second-order valence-corrected chi connectivity index (χ2v) is 5.40. The number of nitriles is 1. The molecule has 3 N–H and O–H groups in total. The van der Waals surface area contributed by atoms with Gasteiger partial charge in [-0.3, -0.25) is 5.10 Å². The van der Waals surface area contributed by atoms with E-state index in [0.717, 1.165) is 5.69 Å². The van der Waals surface area contributed by atoms with Crippen LogP contribution in [0.15, 0.2) is 30.3 Å². The maximum absolute atomic E-state index is 9.47. The van der Waals surface area contributed by atoms with Crippen molar-refractivity contribution in [2.45, 2.75) is 6.92 Å². The van der Waals surface area contributed by atoms with E-state index in [1.165, 1.54) is 0 Å². The maximum atomic E-state index is 9.47. The van der Waals surface area contributed by atoms with Gasteiger partial charge in [0.2, 0.25) is 0 Å². The van der Waals surface area contributed by atoms with E-state index in [-0.39, 0.29) is 11.4 Å². The molecule has 3 aromatic rings. The van der Waals surface area contributed by atoms with Gasteiger partial charge in [0.1, 0.15) is 28.9 Å². The number of aromatic nitrogens is 3. The number of rotatable bonds is 4. The highest BCUT2D eigenvalue weighted by atomic mass is 16.5. The smallest absolute Gasteiger partial charge is 0.142 e. The monoisotopic (exact) mass is 335 g/mol. The van der Waals surface area contributed by atoms with Crippen LogP contribution in [-0.4, -0.2) is 29.4 Å². The fourth-order valence-electron chi connectivity index (χ4n) is 2.67. The van der Waals surface area contributed by atoms with Crippen LogP contribution in [0.1, 0.15) is 11.3 Å². The van der Waals surface area contributed by atoms with Crippen molar-refractivity contribution in [2.75, 3.05) is 20.0 Å². The van der Waals surface area contributed by atoms with Crippen molar-refractivity contribution >= 4 is 5.82 Å². The number of nitrogens with two attached hydrogens (primary N) is 1. The van der Waals surface area contributed by atoms with Crippen molar-refractivity contribution in [1.29, 1.82) is 5.26 Å². The molecule has 0 aliphatic heterocycles. The Bertz CT molecular complexity index is 950. The van der Waals surface area contributed by atoms with Crippen LogP contribution in [-0.2, 0) is 0 Å². The zero-order valence-corrected chi connectivity index (χ0v) is 14.1. The highest BCUT2D eigenvalue weighted by molar-refractivity contribution is 5.82. The molecule has 2 heterocycles. The number of benzene rings is 1. The number of methoxy groups -OCH3 is 2. The molecule has 126 valence electrons. The van der Waals surface area contributed by atoms with E-state index in [9.17, 15) is 5.26 Å². The number of nitrogens with zero attached hydrogens (tertiary/aromatic N) is 3. The van der Waals surface area contributed by atoms with Gasteiger partial charge >= 0.3 is 0 Å². The van der Waals surface area contributed by atoms with E-state index in [1.54, 1.807) is 20.3 Å². The number of aryl methyl sites for hydroxylation is 1. The molecule has 0 bridgehead atoms. The summed E-state index contributed by atoms with van der Waals surface area (Å²) in [4.78, 5) is 4.38. The summed E-state index contributed by atoms with van der Waals surface area (Å²) in [7, 11) is 3.15. The fourth-order valence-corrected chi connectivity index (χ4v) is 2.67. The Hall–Kier alpha value is -3.53. The molecule has 7 nitrogen and oxygen atoms in total. The molecule has 3 rings (SSSR count). The first kappa shape index (κ1) is 16.3. The molecule has 0 radical (unpaired) electrons. The van der Waals surface area contributed by atoms with E-state index >= 15 is 0 Å². The average Bonchev–Trinajstić information content (AvgIpc) is 3.06. The summed E-state index contributed by atoms with van der Waals surface area (Å²) in [6.45, 7) is 1.89. The molecule has 0 saturated heterocycles. The van der Waals surface area contributed by atoms with E-state index in [4.69, 9.17) is 15.2 Å². The molecule has 0 saturated carbocycles. The summed E-state index contributed by atoms with van der Waals surface area (Å²) < 4.78 is 10.9. The third kappa shape index (κ3) is 2.85. The van der Waals surface area contributed by atoms with Crippen LogP contribution in [0.25, 0.3) is 22.5 Å². The lowest BCUT2D eigenvalue weighted by molar-refractivity contribution is 0.397. The second kappa shape index (κ2) is 6.53. The highest BCUT2D eigenvalue weighted by Crippen LogP contribution is 2.40. The van der Waals surface area contributed by atoms with E-state index in [0.29, 0.717) is 34.0 Å². The summed E-state index contributed by atoms with van der Waals surface area (Å²) in [6.07, 6.45) is 0. The van der Waals surface area contributed by atoms with Crippen molar-refractivity contribution < 1.29 is 9.47 Å². The predicted octanol–water partition coefficient (Wildman–Crippen LogP) is 2.92. The lowest BCUT2D eigenvalue weighted by atomic mass is 10.0. The average molecular weight is 335 g/mol. The predicted molar refractivity (Wildman–Crippen MR) is 94.2 cm³/mol. The number of ether oxygens (including phenoxy) is 2. The van der Waals surface area contributed by atoms with Gasteiger partial charge in [0.05, 0.1) is 31.2 Å². The number of aromatic amines is 1. The number of pyridine rings is 1. The van der Waals surface area contributed by atoms with Crippen LogP contribution in [0.5, 0.6) is 11.5 Å². The minimum absolute atomic E-state index is 0.128. The second-order valence-electron chi connectivity index (χ2n) is 5.40. The number of hydrogen-bond donors (Lipinski definition) is 2. The largest absolute Gasteiger partial charge is 0.496 e. The first-order valence-electron chi connectivity index (χ1n) is 7.53. The third-order valence-corrected chi connectivity index (χ3v) is 3.83. The standard InChI is InChI=1S/C18H17N5O2/c1-10-7-13(23-22-10)11-8-14(21-18(20)12(11)9-19)17-15(24-2)5-4-6-16(17)25-3/h4-8H,1-3H3,(H2,20,21)(H,22,23). The number of nitrogen functional groups attached to an aromatic ring is 1. The van der Waals surface area contributed by atoms with Crippen molar-refractivity contribution in [3.63, 3.8) is 0 Å². The molecule has 0 atom stereocenters. The summed E-state index contributed by atoms with van der Waals surface area (Å²) >= 11 is 0. The normalized spacial score (nSPS) is 10.3.